The normalized spacial score (nSPS) is 19.6. The van der Waals surface area contributed by atoms with E-state index in [1.807, 2.05) is 11.0 Å². The van der Waals surface area contributed by atoms with Crippen LogP contribution < -0.4 is 4.90 Å². The molecule has 1 aromatic carbocycles. The second-order valence-electron chi connectivity index (χ2n) is 7.77. The van der Waals surface area contributed by atoms with Gasteiger partial charge in [0, 0.05) is 38.6 Å². The third-order valence-corrected chi connectivity index (χ3v) is 5.82. The van der Waals surface area contributed by atoms with Crippen molar-refractivity contribution >= 4 is 11.9 Å². The van der Waals surface area contributed by atoms with E-state index in [9.17, 15) is 9.18 Å². The van der Waals surface area contributed by atoms with Gasteiger partial charge in [0.05, 0.1) is 0 Å². The standard InChI is InChI=1S/C22H28FN5O/c23-19-8-6-18(7-9-19)20(26-12-2-1-3-13-26)21(29)27-14-5-15-28(17-16-27)22-24-10-4-11-25-22/h4,6-11,20H,1-3,5,12-17H2. The highest BCUT2D eigenvalue weighted by Gasteiger charge is 2.33. The molecule has 29 heavy (non-hydrogen) atoms. The summed E-state index contributed by atoms with van der Waals surface area (Å²) in [7, 11) is 0. The molecule has 2 saturated heterocycles. The lowest BCUT2D eigenvalue weighted by molar-refractivity contribution is -0.137. The largest absolute Gasteiger partial charge is 0.339 e. The Bertz CT molecular complexity index is 795. The average molecular weight is 397 g/mol. The third kappa shape index (κ3) is 4.72. The van der Waals surface area contributed by atoms with Crippen LogP contribution in [0.4, 0.5) is 10.3 Å². The lowest BCUT2D eigenvalue weighted by Gasteiger charge is -2.36. The minimum atomic E-state index is -0.338. The first-order valence-corrected chi connectivity index (χ1v) is 10.5. The number of nitrogens with zero attached hydrogens (tertiary/aromatic N) is 5. The Morgan fingerprint density at radius 1 is 0.862 bits per heavy atom. The molecule has 0 N–H and O–H groups in total. The maximum Gasteiger partial charge on any atom is 0.244 e. The molecule has 7 heteroatoms. The van der Waals surface area contributed by atoms with Crippen molar-refractivity contribution in [3.63, 3.8) is 0 Å². The molecule has 0 saturated carbocycles. The maximum atomic E-state index is 13.6. The Morgan fingerprint density at radius 2 is 1.59 bits per heavy atom. The fourth-order valence-electron chi connectivity index (χ4n) is 4.30. The number of aromatic nitrogens is 2. The van der Waals surface area contributed by atoms with Crippen LogP contribution in [0.1, 0.15) is 37.3 Å². The van der Waals surface area contributed by atoms with Crippen LogP contribution in [0.15, 0.2) is 42.7 Å². The van der Waals surface area contributed by atoms with Crippen LogP contribution in [0.2, 0.25) is 0 Å². The molecule has 6 nitrogen and oxygen atoms in total. The van der Waals surface area contributed by atoms with Gasteiger partial charge in [0.1, 0.15) is 11.9 Å². The van der Waals surface area contributed by atoms with Crippen molar-refractivity contribution in [2.45, 2.75) is 31.7 Å². The number of benzene rings is 1. The van der Waals surface area contributed by atoms with Gasteiger partial charge in [-0.05, 0) is 56.1 Å². The third-order valence-electron chi connectivity index (χ3n) is 5.82. The Hall–Kier alpha value is -2.54. The molecule has 0 bridgehead atoms. The monoisotopic (exact) mass is 397 g/mol. The molecule has 4 rings (SSSR count). The van der Waals surface area contributed by atoms with E-state index in [1.54, 1.807) is 24.5 Å². The number of carbonyl (C=O) groups excluding carboxylic acids is 1. The molecule has 3 heterocycles. The van der Waals surface area contributed by atoms with Crippen molar-refractivity contribution in [1.82, 2.24) is 19.8 Å². The molecular weight excluding hydrogens is 369 g/mol. The zero-order valence-corrected chi connectivity index (χ0v) is 16.7. The van der Waals surface area contributed by atoms with E-state index in [0.29, 0.717) is 25.6 Å². The summed E-state index contributed by atoms with van der Waals surface area (Å²) in [5, 5.41) is 0. The highest BCUT2D eigenvalue weighted by atomic mass is 19.1. The van der Waals surface area contributed by atoms with Gasteiger partial charge in [-0.2, -0.15) is 0 Å². The van der Waals surface area contributed by atoms with Crippen molar-refractivity contribution in [2.75, 3.05) is 44.2 Å². The quantitative estimate of drug-likeness (QED) is 0.794. The van der Waals surface area contributed by atoms with Crippen LogP contribution in [0.25, 0.3) is 0 Å². The lowest BCUT2D eigenvalue weighted by Crippen LogP contribution is -2.46. The van der Waals surface area contributed by atoms with E-state index in [1.165, 1.54) is 18.6 Å². The number of carbonyl (C=O) groups is 1. The van der Waals surface area contributed by atoms with Gasteiger partial charge < -0.3 is 9.80 Å². The predicted octanol–water partition coefficient (Wildman–Crippen LogP) is 2.88. The van der Waals surface area contributed by atoms with Crippen molar-refractivity contribution in [3.05, 3.63) is 54.1 Å². The molecule has 1 aromatic heterocycles. The molecule has 1 atom stereocenters. The molecule has 0 radical (unpaired) electrons. The van der Waals surface area contributed by atoms with Crippen molar-refractivity contribution < 1.29 is 9.18 Å². The summed E-state index contributed by atoms with van der Waals surface area (Å²) < 4.78 is 13.5. The van der Waals surface area contributed by atoms with Gasteiger partial charge in [0.15, 0.2) is 0 Å². The van der Waals surface area contributed by atoms with Crippen molar-refractivity contribution in [2.24, 2.45) is 0 Å². The zero-order valence-electron chi connectivity index (χ0n) is 16.7. The Labute approximate surface area is 171 Å². The minimum Gasteiger partial charge on any atom is -0.339 e. The summed E-state index contributed by atoms with van der Waals surface area (Å²) in [5.74, 6) is 0.564. The summed E-state index contributed by atoms with van der Waals surface area (Å²) in [6.07, 6.45) is 7.78. The van der Waals surface area contributed by atoms with Gasteiger partial charge in [-0.15, -0.1) is 0 Å². The van der Waals surface area contributed by atoms with Gasteiger partial charge in [-0.3, -0.25) is 9.69 Å². The van der Waals surface area contributed by atoms with E-state index in [4.69, 9.17) is 0 Å². The first-order valence-electron chi connectivity index (χ1n) is 10.5. The van der Waals surface area contributed by atoms with Crippen LogP contribution in [-0.4, -0.2) is 64.9 Å². The fourth-order valence-corrected chi connectivity index (χ4v) is 4.30. The van der Waals surface area contributed by atoms with Crippen molar-refractivity contribution in [1.29, 1.82) is 0 Å². The summed E-state index contributed by atoms with van der Waals surface area (Å²) in [6, 6.07) is 7.90. The van der Waals surface area contributed by atoms with Crippen LogP contribution in [0, 0.1) is 5.82 Å². The number of rotatable bonds is 4. The molecule has 154 valence electrons. The van der Waals surface area contributed by atoms with Gasteiger partial charge in [-0.1, -0.05) is 18.6 Å². The number of hydrogen-bond donors (Lipinski definition) is 0. The SMILES string of the molecule is O=C(C(c1ccc(F)cc1)N1CCCCC1)N1CCCN(c2ncccn2)CC1. The smallest absolute Gasteiger partial charge is 0.244 e. The molecule has 2 aromatic rings. The second kappa shape index (κ2) is 9.31. The Balaban J connectivity index is 1.51. The lowest BCUT2D eigenvalue weighted by atomic mass is 10.00. The highest BCUT2D eigenvalue weighted by molar-refractivity contribution is 5.83. The van der Waals surface area contributed by atoms with E-state index < -0.39 is 0 Å². The number of amides is 1. The first kappa shape index (κ1) is 19.8. The minimum absolute atomic E-state index is 0.120. The van der Waals surface area contributed by atoms with E-state index >= 15 is 0 Å². The molecule has 2 aliphatic heterocycles. The number of hydrogen-bond acceptors (Lipinski definition) is 5. The number of anilines is 1. The fraction of sp³-hybridized carbons (Fsp3) is 0.500. The van der Waals surface area contributed by atoms with Gasteiger partial charge in [0.2, 0.25) is 11.9 Å². The molecule has 2 aliphatic rings. The summed E-state index contributed by atoms with van der Waals surface area (Å²) in [6.45, 7) is 4.72. The molecule has 0 aliphatic carbocycles. The van der Waals surface area contributed by atoms with Gasteiger partial charge >= 0.3 is 0 Å². The van der Waals surface area contributed by atoms with E-state index in [2.05, 4.69) is 19.8 Å². The van der Waals surface area contributed by atoms with Crippen LogP contribution in [0.5, 0.6) is 0 Å². The first-order chi connectivity index (χ1) is 14.2. The Kier molecular flexibility index (Phi) is 6.34. The predicted molar refractivity (Wildman–Crippen MR) is 110 cm³/mol. The van der Waals surface area contributed by atoms with Crippen LogP contribution >= 0.6 is 0 Å². The highest BCUT2D eigenvalue weighted by Crippen LogP contribution is 2.27. The summed E-state index contributed by atoms with van der Waals surface area (Å²) in [4.78, 5) is 28.7. The molecule has 1 amide bonds. The van der Waals surface area contributed by atoms with Gasteiger partial charge in [-0.25, -0.2) is 14.4 Å². The van der Waals surface area contributed by atoms with E-state index in [0.717, 1.165) is 44.5 Å². The Morgan fingerprint density at radius 3 is 2.31 bits per heavy atom. The number of likely N-dealkylation sites (tertiary alicyclic amines) is 1. The van der Waals surface area contributed by atoms with Gasteiger partial charge in [0.25, 0.3) is 0 Å². The van der Waals surface area contributed by atoms with Crippen LogP contribution in [0.3, 0.4) is 0 Å². The molecular formula is C22H28FN5O. The molecule has 1 unspecified atom stereocenters. The van der Waals surface area contributed by atoms with Crippen molar-refractivity contribution in [3.8, 4) is 0 Å². The number of piperidine rings is 1. The second-order valence-corrected chi connectivity index (χ2v) is 7.77. The summed E-state index contributed by atoms with van der Waals surface area (Å²) >= 11 is 0. The topological polar surface area (TPSA) is 52.6 Å². The summed E-state index contributed by atoms with van der Waals surface area (Å²) in [5.41, 5.74) is 0.880. The zero-order chi connectivity index (χ0) is 20.1. The van der Waals surface area contributed by atoms with Crippen LogP contribution in [-0.2, 0) is 4.79 Å². The average Bonchev–Trinajstić information content (AvgIpc) is 3.03. The molecule has 2 fully saturated rings. The maximum absolute atomic E-state index is 13.6. The molecule has 0 spiro atoms. The number of halogens is 1. The van der Waals surface area contributed by atoms with E-state index in [-0.39, 0.29) is 17.8 Å².